The number of ether oxygens (including phenoxy) is 1. The molecule has 3 aromatic rings. The molecule has 8 heteroatoms. The highest BCUT2D eigenvalue weighted by molar-refractivity contribution is 6.09. The highest BCUT2D eigenvalue weighted by Crippen LogP contribution is 2.18. The first kappa shape index (κ1) is 21.4. The molecule has 31 heavy (non-hydrogen) atoms. The quantitative estimate of drug-likeness (QED) is 0.268. The highest BCUT2D eigenvalue weighted by Gasteiger charge is 2.20. The van der Waals surface area contributed by atoms with Gasteiger partial charge in [0, 0.05) is 28.9 Å². The van der Waals surface area contributed by atoms with Gasteiger partial charge < -0.3 is 10.1 Å². The Bertz CT molecular complexity index is 1130. The number of benzene rings is 3. The van der Waals surface area contributed by atoms with Crippen molar-refractivity contribution in [2.24, 2.45) is 0 Å². The van der Waals surface area contributed by atoms with Gasteiger partial charge in [-0.1, -0.05) is 48.5 Å². The van der Waals surface area contributed by atoms with Crippen molar-refractivity contribution in [2.45, 2.75) is 13.0 Å². The van der Waals surface area contributed by atoms with Crippen molar-refractivity contribution in [3.05, 3.63) is 106 Å². The lowest BCUT2D eigenvalue weighted by Gasteiger charge is -2.13. The number of nitrogens with zero attached hydrogens (tertiary/aromatic N) is 1. The number of ketones is 1. The van der Waals surface area contributed by atoms with Crippen molar-refractivity contribution in [2.75, 3.05) is 5.32 Å². The highest BCUT2D eigenvalue weighted by atomic mass is 16.6. The van der Waals surface area contributed by atoms with Gasteiger partial charge in [0.1, 0.15) is 0 Å². The fraction of sp³-hybridized carbons (Fsp3) is 0.0870. The van der Waals surface area contributed by atoms with Crippen LogP contribution in [0.3, 0.4) is 0 Å². The van der Waals surface area contributed by atoms with Crippen LogP contribution < -0.4 is 5.32 Å². The van der Waals surface area contributed by atoms with Crippen LogP contribution in [0, 0.1) is 10.1 Å². The van der Waals surface area contributed by atoms with E-state index in [4.69, 9.17) is 4.74 Å². The summed E-state index contributed by atoms with van der Waals surface area (Å²) in [5.41, 5.74) is 1.17. The van der Waals surface area contributed by atoms with Crippen LogP contribution >= 0.6 is 0 Å². The second-order valence-corrected chi connectivity index (χ2v) is 6.62. The van der Waals surface area contributed by atoms with Crippen molar-refractivity contribution in [3.8, 4) is 0 Å². The number of rotatable bonds is 7. The maximum atomic E-state index is 12.4. The fourth-order valence-corrected chi connectivity index (χ4v) is 2.74. The van der Waals surface area contributed by atoms with Crippen LogP contribution in [0.5, 0.6) is 0 Å². The molecular formula is C23H18N2O6. The first-order valence-electron chi connectivity index (χ1n) is 9.31. The molecular weight excluding hydrogens is 400 g/mol. The molecule has 0 spiro atoms. The van der Waals surface area contributed by atoms with Gasteiger partial charge in [0.05, 0.1) is 10.5 Å². The normalized spacial score (nSPS) is 11.3. The van der Waals surface area contributed by atoms with Crippen molar-refractivity contribution in [3.63, 3.8) is 0 Å². The average molecular weight is 418 g/mol. The van der Waals surface area contributed by atoms with Crippen molar-refractivity contribution >= 4 is 29.0 Å². The minimum absolute atomic E-state index is 0.174. The van der Waals surface area contributed by atoms with E-state index in [1.165, 1.54) is 55.5 Å². The van der Waals surface area contributed by atoms with E-state index < -0.39 is 22.9 Å². The van der Waals surface area contributed by atoms with Crippen LogP contribution in [0.2, 0.25) is 0 Å². The Morgan fingerprint density at radius 3 is 2.13 bits per heavy atom. The molecule has 0 aliphatic carbocycles. The van der Waals surface area contributed by atoms with Gasteiger partial charge in [-0.3, -0.25) is 19.7 Å². The summed E-state index contributed by atoms with van der Waals surface area (Å²) in [5.74, 6) is -1.55. The Labute approximate surface area is 177 Å². The van der Waals surface area contributed by atoms with Crippen LogP contribution in [-0.2, 0) is 9.53 Å². The van der Waals surface area contributed by atoms with Gasteiger partial charge in [-0.15, -0.1) is 0 Å². The summed E-state index contributed by atoms with van der Waals surface area (Å²) in [5, 5.41) is 13.3. The van der Waals surface area contributed by atoms with Gasteiger partial charge in [-0.25, -0.2) is 4.79 Å². The topological polar surface area (TPSA) is 116 Å². The summed E-state index contributed by atoms with van der Waals surface area (Å²) < 4.78 is 5.16. The molecule has 1 atom stereocenters. The number of carbonyl (C=O) groups is 3. The smallest absolute Gasteiger partial charge is 0.338 e. The number of carbonyl (C=O) groups excluding carboxylic acids is 3. The monoisotopic (exact) mass is 418 g/mol. The Balaban J connectivity index is 1.61. The molecule has 3 aromatic carbocycles. The number of esters is 1. The van der Waals surface area contributed by atoms with Crippen LogP contribution in [0.25, 0.3) is 0 Å². The van der Waals surface area contributed by atoms with Crippen LogP contribution in [0.15, 0.2) is 78.9 Å². The summed E-state index contributed by atoms with van der Waals surface area (Å²) in [6.07, 6.45) is -1.14. The largest absolute Gasteiger partial charge is 0.449 e. The third-order valence-electron chi connectivity index (χ3n) is 4.40. The van der Waals surface area contributed by atoms with E-state index in [-0.39, 0.29) is 22.7 Å². The first-order chi connectivity index (χ1) is 14.8. The van der Waals surface area contributed by atoms with Gasteiger partial charge in [0.2, 0.25) is 0 Å². The third kappa shape index (κ3) is 5.39. The molecule has 0 aromatic heterocycles. The second kappa shape index (κ2) is 9.45. The van der Waals surface area contributed by atoms with Gasteiger partial charge in [0.25, 0.3) is 11.6 Å². The van der Waals surface area contributed by atoms with Gasteiger partial charge in [-0.2, -0.15) is 0 Å². The fourth-order valence-electron chi connectivity index (χ4n) is 2.74. The SMILES string of the molecule is CC(OC(=O)c1ccc(C(=O)c2ccccc2)cc1)C(=O)Nc1cccc([N+](=O)[O-])c1. The zero-order valence-electron chi connectivity index (χ0n) is 16.5. The third-order valence-corrected chi connectivity index (χ3v) is 4.40. The van der Waals surface area contributed by atoms with Crippen LogP contribution in [0.1, 0.15) is 33.2 Å². The summed E-state index contributed by atoms with van der Waals surface area (Å²) in [6, 6.07) is 20.1. The summed E-state index contributed by atoms with van der Waals surface area (Å²) in [4.78, 5) is 47.3. The van der Waals surface area contributed by atoms with E-state index in [9.17, 15) is 24.5 Å². The van der Waals surface area contributed by atoms with E-state index in [2.05, 4.69) is 5.32 Å². The predicted molar refractivity (Wildman–Crippen MR) is 113 cm³/mol. The first-order valence-corrected chi connectivity index (χ1v) is 9.31. The van der Waals surface area contributed by atoms with Crippen molar-refractivity contribution in [1.82, 2.24) is 0 Å². The number of amides is 1. The van der Waals surface area contributed by atoms with Crippen LogP contribution in [0.4, 0.5) is 11.4 Å². The standard InChI is InChI=1S/C23H18N2O6/c1-15(22(27)24-19-8-5-9-20(14-19)25(29)30)31-23(28)18-12-10-17(11-13-18)21(26)16-6-3-2-4-7-16/h2-15H,1H3,(H,24,27). The number of hydrogen-bond acceptors (Lipinski definition) is 6. The average Bonchev–Trinajstić information content (AvgIpc) is 2.79. The molecule has 8 nitrogen and oxygen atoms in total. The minimum Gasteiger partial charge on any atom is -0.449 e. The summed E-state index contributed by atoms with van der Waals surface area (Å²) in [7, 11) is 0. The molecule has 0 aliphatic heterocycles. The molecule has 0 fully saturated rings. The predicted octanol–water partition coefficient (Wildman–Crippen LogP) is 4.01. The van der Waals surface area contributed by atoms with E-state index >= 15 is 0 Å². The van der Waals surface area contributed by atoms with Gasteiger partial charge in [0.15, 0.2) is 11.9 Å². The van der Waals surface area contributed by atoms with Gasteiger partial charge in [-0.05, 0) is 25.1 Å². The maximum absolute atomic E-state index is 12.4. The van der Waals surface area contributed by atoms with Crippen molar-refractivity contribution < 1.29 is 24.0 Å². The Morgan fingerprint density at radius 1 is 0.871 bits per heavy atom. The molecule has 1 amide bonds. The van der Waals surface area contributed by atoms with E-state index in [0.29, 0.717) is 11.1 Å². The molecule has 1 N–H and O–H groups in total. The van der Waals surface area contributed by atoms with E-state index in [0.717, 1.165) is 0 Å². The number of non-ortho nitro benzene ring substituents is 1. The summed E-state index contributed by atoms with van der Waals surface area (Å²) >= 11 is 0. The number of nitro benzene ring substituents is 1. The van der Waals surface area contributed by atoms with Crippen molar-refractivity contribution in [1.29, 1.82) is 0 Å². The molecule has 3 rings (SSSR count). The lowest BCUT2D eigenvalue weighted by Crippen LogP contribution is -2.30. The Morgan fingerprint density at radius 2 is 1.48 bits per heavy atom. The lowest BCUT2D eigenvalue weighted by atomic mass is 10.0. The molecule has 1 unspecified atom stereocenters. The lowest BCUT2D eigenvalue weighted by molar-refractivity contribution is -0.384. The molecule has 0 saturated heterocycles. The number of anilines is 1. The van der Waals surface area contributed by atoms with Crippen LogP contribution in [-0.4, -0.2) is 28.7 Å². The maximum Gasteiger partial charge on any atom is 0.338 e. The zero-order chi connectivity index (χ0) is 22.4. The number of hydrogen-bond donors (Lipinski definition) is 1. The number of nitro groups is 1. The minimum atomic E-state index is -1.14. The van der Waals surface area contributed by atoms with Gasteiger partial charge >= 0.3 is 5.97 Å². The molecule has 0 aliphatic rings. The Kier molecular flexibility index (Phi) is 6.51. The Hall–Kier alpha value is -4.33. The molecule has 0 bridgehead atoms. The summed E-state index contributed by atoms with van der Waals surface area (Å²) in [6.45, 7) is 1.39. The molecule has 0 saturated carbocycles. The van der Waals surface area contributed by atoms with E-state index in [1.54, 1.807) is 24.3 Å². The number of nitrogens with one attached hydrogen (secondary N) is 1. The molecule has 0 heterocycles. The molecule has 156 valence electrons. The molecule has 0 radical (unpaired) electrons. The van der Waals surface area contributed by atoms with E-state index in [1.807, 2.05) is 6.07 Å². The second-order valence-electron chi connectivity index (χ2n) is 6.62. The zero-order valence-corrected chi connectivity index (χ0v) is 16.5.